The molecule has 2 unspecified atom stereocenters. The normalized spacial score (nSPS) is 15.0. The molecule has 0 aromatic carbocycles. The molecule has 0 bridgehead atoms. The van der Waals surface area contributed by atoms with E-state index in [1.165, 1.54) is 0 Å². The Kier molecular flexibility index (Phi) is 6.14. The maximum Gasteiger partial charge on any atom is 0.261 e. The van der Waals surface area contributed by atoms with Crippen molar-refractivity contribution in [2.45, 2.75) is 45.1 Å². The minimum Gasteiger partial charge on any atom is -0.375 e. The smallest absolute Gasteiger partial charge is 0.261 e. The van der Waals surface area contributed by atoms with Gasteiger partial charge in [-0.3, -0.25) is 0 Å². The van der Waals surface area contributed by atoms with Crippen molar-refractivity contribution in [3.05, 3.63) is 11.7 Å². The molecule has 1 heterocycles. The number of hydrogen-bond donors (Lipinski definition) is 1. The van der Waals surface area contributed by atoms with Gasteiger partial charge >= 0.3 is 0 Å². The highest BCUT2D eigenvalue weighted by molar-refractivity contribution is 4.97. The Morgan fingerprint density at radius 1 is 1.44 bits per heavy atom. The summed E-state index contributed by atoms with van der Waals surface area (Å²) in [4.78, 5) is 4.19. The molecule has 7 heteroatoms. The predicted molar refractivity (Wildman–Crippen MR) is 61.5 cm³/mol. The van der Waals surface area contributed by atoms with Crippen LogP contribution >= 0.6 is 0 Å². The standard InChI is InChI=1S/C11H19F2N3O2/c1-3-8(7(2)14)11-15-10(16-18-11)4-5-17-6-9(12)13/h7-9H,3-6,14H2,1-2H3. The summed E-state index contributed by atoms with van der Waals surface area (Å²) in [7, 11) is 0. The van der Waals surface area contributed by atoms with Crippen molar-refractivity contribution >= 4 is 0 Å². The van der Waals surface area contributed by atoms with Gasteiger partial charge < -0.3 is 15.0 Å². The van der Waals surface area contributed by atoms with Crippen LogP contribution in [0.5, 0.6) is 0 Å². The van der Waals surface area contributed by atoms with E-state index in [9.17, 15) is 8.78 Å². The van der Waals surface area contributed by atoms with Gasteiger partial charge in [-0.1, -0.05) is 12.1 Å². The van der Waals surface area contributed by atoms with Crippen LogP contribution in [0, 0.1) is 0 Å². The summed E-state index contributed by atoms with van der Waals surface area (Å²) >= 11 is 0. The molecular weight excluding hydrogens is 244 g/mol. The van der Waals surface area contributed by atoms with E-state index in [1.807, 2.05) is 13.8 Å². The molecule has 1 rings (SSSR count). The quantitative estimate of drug-likeness (QED) is 0.723. The fourth-order valence-corrected chi connectivity index (χ4v) is 1.63. The van der Waals surface area contributed by atoms with E-state index in [1.54, 1.807) is 0 Å². The second-order valence-electron chi connectivity index (χ2n) is 4.14. The molecular formula is C11H19F2N3O2. The first kappa shape index (κ1) is 15.0. The lowest BCUT2D eigenvalue weighted by Gasteiger charge is -2.13. The number of nitrogens with two attached hydrogens (primary N) is 1. The zero-order chi connectivity index (χ0) is 13.5. The minimum absolute atomic E-state index is 0.0215. The van der Waals surface area contributed by atoms with Crippen molar-refractivity contribution in [2.75, 3.05) is 13.2 Å². The molecule has 0 radical (unpaired) electrons. The highest BCUT2D eigenvalue weighted by atomic mass is 19.3. The van der Waals surface area contributed by atoms with Crippen LogP contribution in [0.1, 0.15) is 37.9 Å². The lowest BCUT2D eigenvalue weighted by molar-refractivity contribution is 0.0182. The van der Waals surface area contributed by atoms with Crippen LogP contribution < -0.4 is 5.73 Å². The van der Waals surface area contributed by atoms with Gasteiger partial charge in [0.1, 0.15) is 6.61 Å². The first-order valence-corrected chi connectivity index (χ1v) is 5.98. The van der Waals surface area contributed by atoms with Crippen molar-refractivity contribution < 1.29 is 18.0 Å². The minimum atomic E-state index is -2.45. The zero-order valence-electron chi connectivity index (χ0n) is 10.6. The predicted octanol–water partition coefficient (Wildman–Crippen LogP) is 1.73. The fraction of sp³-hybridized carbons (Fsp3) is 0.818. The summed E-state index contributed by atoms with van der Waals surface area (Å²) in [6.45, 7) is 3.45. The Morgan fingerprint density at radius 3 is 2.72 bits per heavy atom. The number of hydrogen-bond acceptors (Lipinski definition) is 5. The van der Waals surface area contributed by atoms with Gasteiger partial charge in [0.2, 0.25) is 5.89 Å². The summed E-state index contributed by atoms with van der Waals surface area (Å²) in [5, 5.41) is 3.77. The van der Waals surface area contributed by atoms with Gasteiger partial charge in [-0.15, -0.1) is 0 Å². The van der Waals surface area contributed by atoms with E-state index in [0.717, 1.165) is 6.42 Å². The summed E-state index contributed by atoms with van der Waals surface area (Å²) in [5.74, 6) is 0.975. The van der Waals surface area contributed by atoms with Crippen LogP contribution in [0.3, 0.4) is 0 Å². The molecule has 18 heavy (non-hydrogen) atoms. The third-order valence-electron chi connectivity index (χ3n) is 2.59. The van der Waals surface area contributed by atoms with Crippen LogP contribution in [0.2, 0.25) is 0 Å². The second kappa shape index (κ2) is 7.38. The molecule has 1 aromatic rings. The van der Waals surface area contributed by atoms with E-state index in [2.05, 4.69) is 10.1 Å². The molecule has 0 spiro atoms. The Hall–Kier alpha value is -1.08. The van der Waals surface area contributed by atoms with Crippen molar-refractivity contribution in [1.82, 2.24) is 10.1 Å². The molecule has 0 fully saturated rings. The Bertz CT molecular complexity index is 345. The van der Waals surface area contributed by atoms with Crippen LogP contribution in [-0.4, -0.2) is 35.8 Å². The summed E-state index contributed by atoms with van der Waals surface area (Å²) in [6.07, 6.45) is -1.29. The molecule has 0 aliphatic heterocycles. The highest BCUT2D eigenvalue weighted by Crippen LogP contribution is 2.20. The second-order valence-corrected chi connectivity index (χ2v) is 4.14. The number of alkyl halides is 2. The first-order valence-electron chi connectivity index (χ1n) is 5.98. The number of ether oxygens (including phenoxy) is 1. The molecule has 0 aliphatic carbocycles. The summed E-state index contributed by atoms with van der Waals surface area (Å²) in [5.41, 5.74) is 5.81. The van der Waals surface area contributed by atoms with Gasteiger partial charge in [-0.05, 0) is 13.3 Å². The fourth-order valence-electron chi connectivity index (χ4n) is 1.63. The molecule has 0 saturated heterocycles. The molecule has 1 aromatic heterocycles. The number of halogens is 2. The average Bonchev–Trinajstić information content (AvgIpc) is 2.73. The first-order chi connectivity index (χ1) is 8.54. The molecule has 5 nitrogen and oxygen atoms in total. The van der Waals surface area contributed by atoms with E-state index in [4.69, 9.17) is 15.0 Å². The summed E-state index contributed by atoms with van der Waals surface area (Å²) < 4.78 is 33.5. The molecule has 2 N–H and O–H groups in total. The lowest BCUT2D eigenvalue weighted by atomic mass is 9.99. The molecule has 2 atom stereocenters. The Balaban J connectivity index is 2.43. The van der Waals surface area contributed by atoms with Crippen LogP contribution in [0.25, 0.3) is 0 Å². The summed E-state index contributed by atoms with van der Waals surface area (Å²) in [6, 6.07) is -0.0709. The van der Waals surface area contributed by atoms with Gasteiger partial charge in [0.15, 0.2) is 5.82 Å². The Labute approximate surface area is 105 Å². The van der Waals surface area contributed by atoms with Gasteiger partial charge in [-0.2, -0.15) is 4.98 Å². The molecule has 0 aliphatic rings. The SMILES string of the molecule is CCC(c1nc(CCOCC(F)F)no1)C(C)N. The number of rotatable bonds is 8. The van der Waals surface area contributed by atoms with Crippen molar-refractivity contribution in [1.29, 1.82) is 0 Å². The third kappa shape index (κ3) is 4.66. The van der Waals surface area contributed by atoms with Crippen molar-refractivity contribution in [3.8, 4) is 0 Å². The van der Waals surface area contributed by atoms with Crippen molar-refractivity contribution in [2.24, 2.45) is 5.73 Å². The maximum absolute atomic E-state index is 11.8. The monoisotopic (exact) mass is 263 g/mol. The van der Waals surface area contributed by atoms with Gasteiger partial charge in [0, 0.05) is 12.5 Å². The van der Waals surface area contributed by atoms with E-state index in [0.29, 0.717) is 18.1 Å². The van der Waals surface area contributed by atoms with Crippen LogP contribution in [0.15, 0.2) is 4.52 Å². The van der Waals surface area contributed by atoms with Gasteiger partial charge in [0.25, 0.3) is 6.43 Å². The van der Waals surface area contributed by atoms with E-state index in [-0.39, 0.29) is 18.6 Å². The topological polar surface area (TPSA) is 74.2 Å². The largest absolute Gasteiger partial charge is 0.375 e. The van der Waals surface area contributed by atoms with Crippen LogP contribution in [0.4, 0.5) is 8.78 Å². The molecule has 0 saturated carbocycles. The molecule has 104 valence electrons. The third-order valence-corrected chi connectivity index (χ3v) is 2.59. The lowest BCUT2D eigenvalue weighted by Crippen LogP contribution is -2.24. The van der Waals surface area contributed by atoms with Crippen molar-refractivity contribution in [3.63, 3.8) is 0 Å². The highest BCUT2D eigenvalue weighted by Gasteiger charge is 2.20. The maximum atomic E-state index is 11.8. The van der Waals surface area contributed by atoms with E-state index >= 15 is 0 Å². The Morgan fingerprint density at radius 2 is 2.17 bits per heavy atom. The van der Waals surface area contributed by atoms with E-state index < -0.39 is 13.0 Å². The number of aromatic nitrogens is 2. The van der Waals surface area contributed by atoms with Gasteiger partial charge in [-0.25, -0.2) is 8.78 Å². The van der Waals surface area contributed by atoms with Crippen LogP contribution in [-0.2, 0) is 11.2 Å². The molecule has 0 amide bonds. The number of nitrogens with zero attached hydrogens (tertiary/aromatic N) is 2. The zero-order valence-corrected chi connectivity index (χ0v) is 10.6. The average molecular weight is 263 g/mol. The van der Waals surface area contributed by atoms with Gasteiger partial charge in [0.05, 0.1) is 12.5 Å².